The van der Waals surface area contributed by atoms with Gasteiger partial charge in [-0.3, -0.25) is 0 Å². The predicted octanol–water partition coefficient (Wildman–Crippen LogP) is 4.18. The maximum absolute atomic E-state index is 6.14. The normalized spacial score (nSPS) is 15.0. The number of hydrogen-bond donors (Lipinski definition) is 1. The molecule has 0 radical (unpaired) electrons. The number of nitrogens with one attached hydrogen (secondary N) is 1. The lowest BCUT2D eigenvalue weighted by Gasteiger charge is -2.36. The summed E-state index contributed by atoms with van der Waals surface area (Å²) < 4.78 is 6.14. The van der Waals surface area contributed by atoms with Gasteiger partial charge in [-0.1, -0.05) is 27.7 Å². The van der Waals surface area contributed by atoms with Crippen LogP contribution in [0.25, 0.3) is 0 Å². The molecule has 0 aliphatic rings. The average Bonchev–Trinajstić information content (AvgIpc) is 2.21. The summed E-state index contributed by atoms with van der Waals surface area (Å²) in [7, 11) is -1.51. The van der Waals surface area contributed by atoms with Crippen LogP contribution in [0.15, 0.2) is 0 Å². The second kappa shape index (κ2) is 7.55. The molecule has 0 aromatic heterocycles. The molecule has 0 aromatic rings. The highest BCUT2D eigenvalue weighted by atomic mass is 28.4. The first kappa shape index (κ1) is 17.1. The summed E-state index contributed by atoms with van der Waals surface area (Å²) in [6.45, 7) is 18.0. The van der Waals surface area contributed by atoms with Gasteiger partial charge in [0, 0.05) is 12.6 Å². The molecule has 0 bridgehead atoms. The fourth-order valence-electron chi connectivity index (χ4n) is 1.26. The number of unbranched alkanes of at least 4 members (excludes halogenated alkanes) is 1. The molecule has 2 nitrogen and oxygen atoms in total. The Bertz CT molecular complexity index is 199. The van der Waals surface area contributed by atoms with E-state index in [4.69, 9.17) is 4.43 Å². The molecule has 1 N–H and O–H groups in total. The molecule has 1 unspecified atom stereocenters. The van der Waals surface area contributed by atoms with Gasteiger partial charge in [-0.15, -0.1) is 0 Å². The van der Waals surface area contributed by atoms with E-state index in [0.717, 1.165) is 13.2 Å². The lowest BCUT2D eigenvalue weighted by molar-refractivity contribution is 0.277. The molecule has 0 saturated carbocycles. The fraction of sp³-hybridized carbons (Fsp3) is 1.00. The van der Waals surface area contributed by atoms with Gasteiger partial charge in [0.25, 0.3) is 0 Å². The van der Waals surface area contributed by atoms with Gasteiger partial charge < -0.3 is 9.74 Å². The van der Waals surface area contributed by atoms with Crippen LogP contribution < -0.4 is 5.32 Å². The molecule has 0 heterocycles. The van der Waals surface area contributed by atoms with Crippen LogP contribution in [0.1, 0.15) is 53.9 Å². The van der Waals surface area contributed by atoms with Gasteiger partial charge in [0.15, 0.2) is 8.32 Å². The minimum atomic E-state index is -1.51. The fourth-order valence-corrected chi connectivity index (χ4v) is 2.35. The molecular weight excluding hydrogens is 226 g/mol. The zero-order valence-corrected chi connectivity index (χ0v) is 14.0. The molecule has 0 saturated heterocycles. The van der Waals surface area contributed by atoms with Crippen molar-refractivity contribution < 1.29 is 4.43 Å². The van der Waals surface area contributed by atoms with E-state index in [0.29, 0.717) is 11.1 Å². The Hall–Kier alpha value is 0.137. The van der Waals surface area contributed by atoms with Crippen molar-refractivity contribution in [3.8, 4) is 0 Å². The lowest BCUT2D eigenvalue weighted by Crippen LogP contribution is -2.41. The topological polar surface area (TPSA) is 21.3 Å². The van der Waals surface area contributed by atoms with Crippen LogP contribution in [-0.2, 0) is 4.43 Å². The zero-order valence-electron chi connectivity index (χ0n) is 13.0. The largest absolute Gasteiger partial charge is 0.417 e. The third-order valence-electron chi connectivity index (χ3n) is 3.95. The zero-order chi connectivity index (χ0) is 13.5. The summed E-state index contributed by atoms with van der Waals surface area (Å²) in [6, 6.07) is 0.649. The van der Waals surface area contributed by atoms with Crippen molar-refractivity contribution >= 4 is 8.32 Å². The summed E-state index contributed by atoms with van der Waals surface area (Å²) >= 11 is 0. The van der Waals surface area contributed by atoms with Gasteiger partial charge in [0.05, 0.1) is 0 Å². The van der Waals surface area contributed by atoms with E-state index in [1.807, 2.05) is 0 Å². The maximum Gasteiger partial charge on any atom is 0.191 e. The van der Waals surface area contributed by atoms with Crippen LogP contribution in [0.2, 0.25) is 18.1 Å². The van der Waals surface area contributed by atoms with E-state index in [9.17, 15) is 0 Å². The SMILES string of the molecule is CCC(C)NCCCCO[Si](C)(C)C(C)(C)C. The third kappa shape index (κ3) is 7.22. The Balaban J connectivity index is 3.59. The predicted molar refractivity (Wildman–Crippen MR) is 80.1 cm³/mol. The van der Waals surface area contributed by atoms with Crippen molar-refractivity contribution in [1.29, 1.82) is 0 Å². The first-order chi connectivity index (χ1) is 7.70. The molecule has 0 fully saturated rings. The highest BCUT2D eigenvalue weighted by Gasteiger charge is 2.36. The maximum atomic E-state index is 6.14. The first-order valence-corrected chi connectivity index (χ1v) is 9.99. The smallest absolute Gasteiger partial charge is 0.191 e. The molecule has 0 aliphatic carbocycles. The van der Waals surface area contributed by atoms with E-state index in [1.54, 1.807) is 0 Å². The van der Waals surface area contributed by atoms with E-state index < -0.39 is 8.32 Å². The summed E-state index contributed by atoms with van der Waals surface area (Å²) in [4.78, 5) is 0. The van der Waals surface area contributed by atoms with Crippen molar-refractivity contribution in [3.05, 3.63) is 0 Å². The van der Waals surface area contributed by atoms with Crippen molar-refractivity contribution in [2.75, 3.05) is 13.2 Å². The van der Waals surface area contributed by atoms with Crippen LogP contribution >= 0.6 is 0 Å². The first-order valence-electron chi connectivity index (χ1n) is 7.08. The average molecular weight is 260 g/mol. The Morgan fingerprint density at radius 1 is 1.18 bits per heavy atom. The quantitative estimate of drug-likeness (QED) is 0.521. The van der Waals surface area contributed by atoms with Gasteiger partial charge in [0.2, 0.25) is 0 Å². The van der Waals surface area contributed by atoms with Gasteiger partial charge >= 0.3 is 0 Å². The highest BCUT2D eigenvalue weighted by molar-refractivity contribution is 6.74. The number of rotatable bonds is 8. The van der Waals surface area contributed by atoms with E-state index in [2.05, 4.69) is 53.0 Å². The van der Waals surface area contributed by atoms with Crippen LogP contribution in [0.3, 0.4) is 0 Å². The molecule has 1 atom stereocenters. The van der Waals surface area contributed by atoms with Crippen molar-refractivity contribution in [3.63, 3.8) is 0 Å². The molecule has 0 spiro atoms. The molecule has 0 rings (SSSR count). The molecule has 3 heteroatoms. The lowest BCUT2D eigenvalue weighted by atomic mass is 10.2. The van der Waals surface area contributed by atoms with Crippen molar-refractivity contribution in [2.24, 2.45) is 0 Å². The van der Waals surface area contributed by atoms with E-state index >= 15 is 0 Å². The summed E-state index contributed by atoms with van der Waals surface area (Å²) in [5, 5.41) is 3.85. The van der Waals surface area contributed by atoms with E-state index in [1.165, 1.54) is 19.3 Å². The minimum absolute atomic E-state index is 0.335. The minimum Gasteiger partial charge on any atom is -0.417 e. The molecule has 0 aliphatic heterocycles. The van der Waals surface area contributed by atoms with Gasteiger partial charge in [-0.25, -0.2) is 0 Å². The number of hydrogen-bond acceptors (Lipinski definition) is 2. The molecule has 0 aromatic carbocycles. The highest BCUT2D eigenvalue weighted by Crippen LogP contribution is 2.36. The Morgan fingerprint density at radius 2 is 1.76 bits per heavy atom. The monoisotopic (exact) mass is 259 g/mol. The molecule has 0 amide bonds. The second-order valence-electron chi connectivity index (χ2n) is 6.58. The molecular formula is C14H33NOSi. The van der Waals surface area contributed by atoms with Crippen LogP contribution in [0, 0.1) is 0 Å². The standard InChI is InChI=1S/C14H33NOSi/c1-8-13(2)15-11-9-10-12-16-17(6,7)14(3,4)5/h13,15H,8-12H2,1-7H3. The van der Waals surface area contributed by atoms with Crippen LogP contribution in [0.5, 0.6) is 0 Å². The summed E-state index contributed by atoms with van der Waals surface area (Å²) in [5.41, 5.74) is 0. The molecule has 17 heavy (non-hydrogen) atoms. The Kier molecular flexibility index (Phi) is 7.61. The van der Waals surface area contributed by atoms with Crippen LogP contribution in [0.4, 0.5) is 0 Å². The van der Waals surface area contributed by atoms with Gasteiger partial charge in [-0.2, -0.15) is 0 Å². The Labute approximate surface area is 110 Å². The summed E-state index contributed by atoms with van der Waals surface area (Å²) in [5.74, 6) is 0. The van der Waals surface area contributed by atoms with Gasteiger partial charge in [-0.05, 0) is 50.9 Å². The van der Waals surface area contributed by atoms with E-state index in [-0.39, 0.29) is 0 Å². The van der Waals surface area contributed by atoms with Crippen molar-refractivity contribution in [2.45, 2.75) is 78.1 Å². The third-order valence-corrected chi connectivity index (χ3v) is 8.48. The van der Waals surface area contributed by atoms with Crippen LogP contribution in [-0.4, -0.2) is 27.5 Å². The molecule has 104 valence electrons. The van der Waals surface area contributed by atoms with Gasteiger partial charge in [0.1, 0.15) is 0 Å². The summed E-state index contributed by atoms with van der Waals surface area (Å²) in [6.07, 6.45) is 3.61. The van der Waals surface area contributed by atoms with Crippen molar-refractivity contribution in [1.82, 2.24) is 5.32 Å². The second-order valence-corrected chi connectivity index (χ2v) is 11.4. The Morgan fingerprint density at radius 3 is 2.24 bits per heavy atom.